The van der Waals surface area contributed by atoms with E-state index < -0.39 is 9.84 Å². The van der Waals surface area contributed by atoms with Gasteiger partial charge in [0, 0.05) is 18.5 Å². The predicted octanol–water partition coefficient (Wildman–Crippen LogP) is 4.21. The summed E-state index contributed by atoms with van der Waals surface area (Å²) in [4.78, 5) is 15.3. The molecule has 1 unspecified atom stereocenters. The van der Waals surface area contributed by atoms with Crippen LogP contribution in [-0.2, 0) is 21.2 Å². The number of sulfone groups is 1. The summed E-state index contributed by atoms with van der Waals surface area (Å²) in [6.45, 7) is 2.70. The van der Waals surface area contributed by atoms with Gasteiger partial charge in [-0.2, -0.15) is 0 Å². The molecular weight excluding hydrogens is 386 g/mol. The fourth-order valence-corrected chi connectivity index (χ4v) is 6.49. The topological polar surface area (TPSA) is 63.7 Å². The van der Waals surface area contributed by atoms with Gasteiger partial charge in [-0.3, -0.25) is 4.79 Å². The molecule has 0 N–H and O–H groups in total. The second-order valence-corrected chi connectivity index (χ2v) is 11.0. The first-order valence-electron chi connectivity index (χ1n) is 11.1. The number of ether oxygens (including phenoxy) is 1. The maximum absolute atomic E-state index is 13.5. The summed E-state index contributed by atoms with van der Waals surface area (Å²) in [5.74, 6) is 2.00. The Kier molecular flexibility index (Phi) is 7.60. The van der Waals surface area contributed by atoms with Crippen molar-refractivity contribution >= 4 is 15.7 Å². The molecule has 1 aromatic carbocycles. The van der Waals surface area contributed by atoms with E-state index >= 15 is 0 Å². The Bertz CT molecular complexity index is 767. The van der Waals surface area contributed by atoms with Crippen LogP contribution in [0.15, 0.2) is 24.3 Å². The van der Waals surface area contributed by atoms with E-state index in [1.807, 2.05) is 29.2 Å². The number of rotatable bonds is 8. The number of methoxy groups -OCH3 is 1. The van der Waals surface area contributed by atoms with Crippen LogP contribution in [0.2, 0.25) is 0 Å². The van der Waals surface area contributed by atoms with Crippen molar-refractivity contribution in [3.63, 3.8) is 0 Å². The molecule has 0 radical (unpaired) electrons. The molecule has 1 atom stereocenters. The molecule has 1 amide bonds. The fourth-order valence-electron chi connectivity index (χ4n) is 4.76. The van der Waals surface area contributed by atoms with Gasteiger partial charge in [-0.15, -0.1) is 0 Å². The Labute approximate surface area is 175 Å². The van der Waals surface area contributed by atoms with E-state index in [0.717, 1.165) is 42.9 Å². The van der Waals surface area contributed by atoms with Crippen molar-refractivity contribution in [3.8, 4) is 5.75 Å². The third kappa shape index (κ3) is 5.97. The zero-order valence-electron chi connectivity index (χ0n) is 17.8. The summed E-state index contributed by atoms with van der Waals surface area (Å²) in [7, 11) is -1.41. The number of benzene rings is 1. The van der Waals surface area contributed by atoms with E-state index in [9.17, 15) is 13.2 Å². The lowest BCUT2D eigenvalue weighted by molar-refractivity contribution is -0.139. The molecule has 1 saturated carbocycles. The van der Waals surface area contributed by atoms with E-state index in [-0.39, 0.29) is 29.4 Å². The van der Waals surface area contributed by atoms with Gasteiger partial charge >= 0.3 is 0 Å². The highest BCUT2D eigenvalue weighted by molar-refractivity contribution is 7.91. The third-order valence-corrected chi connectivity index (χ3v) is 8.36. The van der Waals surface area contributed by atoms with E-state index in [2.05, 4.69) is 6.92 Å². The average Bonchev–Trinajstić information content (AvgIpc) is 3.10. The van der Waals surface area contributed by atoms with E-state index in [0.29, 0.717) is 13.0 Å². The van der Waals surface area contributed by atoms with Crippen molar-refractivity contribution in [2.75, 3.05) is 18.6 Å². The van der Waals surface area contributed by atoms with Crippen molar-refractivity contribution < 1.29 is 17.9 Å². The molecule has 29 heavy (non-hydrogen) atoms. The molecule has 1 saturated heterocycles. The van der Waals surface area contributed by atoms with Crippen molar-refractivity contribution in [1.82, 2.24) is 4.90 Å². The zero-order valence-corrected chi connectivity index (χ0v) is 18.6. The van der Waals surface area contributed by atoms with Gasteiger partial charge in [-0.25, -0.2) is 8.42 Å². The van der Waals surface area contributed by atoms with Crippen LogP contribution < -0.4 is 4.74 Å². The van der Waals surface area contributed by atoms with Crippen molar-refractivity contribution in [2.24, 2.45) is 11.8 Å². The smallest absolute Gasteiger partial charge is 0.226 e. The number of hydrogen-bond acceptors (Lipinski definition) is 4. The Hall–Kier alpha value is -1.56. The molecule has 5 nitrogen and oxygen atoms in total. The van der Waals surface area contributed by atoms with Crippen molar-refractivity contribution in [2.45, 2.75) is 70.9 Å². The molecule has 0 bridgehead atoms. The molecule has 1 aliphatic heterocycles. The summed E-state index contributed by atoms with van der Waals surface area (Å²) >= 11 is 0. The Morgan fingerprint density at radius 3 is 2.34 bits per heavy atom. The average molecular weight is 422 g/mol. The predicted molar refractivity (Wildman–Crippen MR) is 116 cm³/mol. The summed E-state index contributed by atoms with van der Waals surface area (Å²) in [5.41, 5.74) is 1.01. The number of nitrogens with zero attached hydrogens (tertiary/aromatic N) is 1. The number of hydrogen-bond donors (Lipinski definition) is 0. The molecule has 1 heterocycles. The molecule has 1 aromatic rings. The van der Waals surface area contributed by atoms with Crippen molar-refractivity contribution in [3.05, 3.63) is 29.8 Å². The summed E-state index contributed by atoms with van der Waals surface area (Å²) in [6, 6.07) is 7.51. The fraction of sp³-hybridized carbons (Fsp3) is 0.696. The molecular formula is C23H35NO4S. The highest BCUT2D eigenvalue weighted by atomic mass is 32.2. The van der Waals surface area contributed by atoms with Gasteiger partial charge in [0.15, 0.2) is 9.84 Å². The lowest BCUT2D eigenvalue weighted by Gasteiger charge is -2.35. The maximum atomic E-state index is 13.5. The highest BCUT2D eigenvalue weighted by Crippen LogP contribution is 2.34. The van der Waals surface area contributed by atoms with Crippen LogP contribution in [0.25, 0.3) is 0 Å². The standard InChI is InChI=1S/C23H35NO4S/c1-3-4-5-18-6-10-20(11-7-18)23(25)24(21-14-15-29(26,27)17-21)16-19-8-12-22(28-2)13-9-19/h8-9,12-13,18,20-21H,3-7,10-11,14-17H2,1-2H3. The first-order valence-corrected chi connectivity index (χ1v) is 12.9. The quantitative estimate of drug-likeness (QED) is 0.631. The van der Waals surface area contributed by atoms with Gasteiger partial charge in [0.1, 0.15) is 5.75 Å². The van der Waals surface area contributed by atoms with Crippen LogP contribution >= 0.6 is 0 Å². The van der Waals surface area contributed by atoms with Gasteiger partial charge in [-0.05, 0) is 55.7 Å². The van der Waals surface area contributed by atoms with Crippen LogP contribution in [-0.4, -0.2) is 43.9 Å². The SMILES string of the molecule is CCCCC1CCC(C(=O)N(Cc2ccc(OC)cc2)C2CCS(=O)(=O)C2)CC1. The van der Waals surface area contributed by atoms with Crippen LogP contribution in [0.4, 0.5) is 0 Å². The van der Waals surface area contributed by atoms with Crippen LogP contribution in [0, 0.1) is 11.8 Å². The highest BCUT2D eigenvalue weighted by Gasteiger charge is 2.38. The summed E-state index contributed by atoms with van der Waals surface area (Å²) in [5, 5.41) is 0. The Balaban J connectivity index is 1.69. The van der Waals surface area contributed by atoms with Crippen LogP contribution in [0.5, 0.6) is 5.75 Å². The first-order chi connectivity index (χ1) is 13.9. The molecule has 6 heteroatoms. The first kappa shape index (κ1) is 22.1. The molecule has 2 fully saturated rings. The van der Waals surface area contributed by atoms with Crippen molar-refractivity contribution in [1.29, 1.82) is 0 Å². The molecule has 3 rings (SSSR count). The van der Waals surface area contributed by atoms with Gasteiger partial charge in [0.25, 0.3) is 0 Å². The monoisotopic (exact) mass is 421 g/mol. The zero-order chi connectivity index (χ0) is 20.9. The second-order valence-electron chi connectivity index (χ2n) is 8.73. The number of amides is 1. The van der Waals surface area contributed by atoms with Gasteiger partial charge in [0.05, 0.1) is 18.6 Å². The minimum Gasteiger partial charge on any atom is -0.497 e. The molecule has 1 aliphatic carbocycles. The lowest BCUT2D eigenvalue weighted by Crippen LogP contribution is -2.44. The molecule has 0 aromatic heterocycles. The van der Waals surface area contributed by atoms with Gasteiger partial charge in [0.2, 0.25) is 5.91 Å². The Morgan fingerprint density at radius 2 is 1.79 bits per heavy atom. The molecule has 2 aliphatic rings. The molecule has 162 valence electrons. The van der Waals surface area contributed by atoms with Gasteiger partial charge in [-0.1, -0.05) is 38.3 Å². The number of carbonyl (C=O) groups is 1. The summed E-state index contributed by atoms with van der Waals surface area (Å²) in [6.07, 6.45) is 8.43. The lowest BCUT2D eigenvalue weighted by atomic mass is 9.79. The van der Waals surface area contributed by atoms with E-state index in [4.69, 9.17) is 4.74 Å². The second kappa shape index (κ2) is 9.96. The van der Waals surface area contributed by atoms with Crippen LogP contribution in [0.1, 0.15) is 63.9 Å². The van der Waals surface area contributed by atoms with E-state index in [1.165, 1.54) is 19.3 Å². The van der Waals surface area contributed by atoms with E-state index in [1.54, 1.807) is 7.11 Å². The largest absolute Gasteiger partial charge is 0.497 e. The molecule has 0 spiro atoms. The minimum atomic E-state index is -3.04. The maximum Gasteiger partial charge on any atom is 0.226 e. The Morgan fingerprint density at radius 1 is 1.10 bits per heavy atom. The number of unbranched alkanes of at least 4 members (excludes halogenated alkanes) is 1. The third-order valence-electron chi connectivity index (χ3n) is 6.61. The minimum absolute atomic E-state index is 0.0365. The normalized spacial score (nSPS) is 26.2. The van der Waals surface area contributed by atoms with Gasteiger partial charge < -0.3 is 9.64 Å². The summed E-state index contributed by atoms with van der Waals surface area (Å²) < 4.78 is 29.4. The number of carbonyl (C=O) groups excluding carboxylic acids is 1. The van der Waals surface area contributed by atoms with Crippen LogP contribution in [0.3, 0.4) is 0 Å².